The van der Waals surface area contributed by atoms with E-state index in [1.54, 1.807) is 67.6 Å². The number of carboxylic acid groups (broad SMARTS) is 2. The van der Waals surface area contributed by atoms with Gasteiger partial charge in [0.05, 0.1) is 92.6 Å². The molecule has 0 aliphatic heterocycles. The van der Waals surface area contributed by atoms with Crippen LogP contribution in [0.3, 0.4) is 0 Å². The molecule has 12 rings (SSSR count). The fourth-order valence-electron chi connectivity index (χ4n) is 14.5. The van der Waals surface area contributed by atoms with Crippen LogP contribution in [0.25, 0.3) is 43.4 Å². The van der Waals surface area contributed by atoms with Gasteiger partial charge in [-0.1, -0.05) is 276 Å². The number of methoxy groups -OCH3 is 2. The zero-order valence-corrected chi connectivity index (χ0v) is 87.8. The molecular formula is C106H112Cl2N10O16S6. The number of carbonyl (C=O) groups is 4. The minimum atomic E-state index is -1.37. The second-order valence-corrected chi connectivity index (χ2v) is 42.1. The third-order valence-electron chi connectivity index (χ3n) is 22.5. The molecule has 0 bridgehead atoms. The van der Waals surface area contributed by atoms with Gasteiger partial charge in [0.2, 0.25) is 0 Å². The number of esters is 2. The standard InChI is InChI=1S/C27H28ClNO3S2.C27H30N4O5S.C26H26ClNO3S2.C26H28N4O5S/c1-16(29-14-20(33)12-17-6-11-21(23(28)13-17)26(31)32-5)22-15-34-25(24(22)30)18-7-9-19(10-8-18)27(2,3)4;1-16(23-25(32)24(30(5)29-23)18-8-10-19(11-9-18)27(2,3)4)28-15-20(37)13-17-7-12-21(26(33)36-6)22(14-17)31(34)35;1-15(28-13-19(32)11-16-5-10-20(25(30)31)22(27)12-16)21-14-33-24(23(21)29)17-6-8-18(9-7-17)26(2,3)4;1-15(27-14-19(36)12-16-6-11-20(25(32)33)21(13-16)30(34)35)22-24(31)23(29(5)28-22)17-7-9-18(10-8-17)26(2,3)4/h6-11,13,15,30H,12,14H2,1-5H3;7-12,14,32H,13,15H2,1-6H3;5-10,12,14,29H,11,13H2,1-4H3,(H,30,31);6-11,13,31H,12,14H2,1-5H3,(H,32,33). The third kappa shape index (κ3) is 29.1. The van der Waals surface area contributed by atoms with Crippen molar-refractivity contribution in [2.75, 3.05) is 40.4 Å². The zero-order chi connectivity index (χ0) is 104. The number of rotatable bonds is 30. The van der Waals surface area contributed by atoms with Gasteiger partial charge in [-0.2, -0.15) is 10.2 Å². The lowest BCUT2D eigenvalue weighted by molar-refractivity contribution is -0.385. The van der Waals surface area contributed by atoms with Crippen LogP contribution in [0.1, 0.15) is 219 Å². The number of hydrogen-bond donors (Lipinski definition) is 6. The number of carbonyl (C=O) groups excluding carboxylic acids is 2. The summed E-state index contributed by atoms with van der Waals surface area (Å²) in [7, 11) is 6.00. The number of aliphatic imine (C=N–C) groups is 4. The number of aryl methyl sites for hydroxylation is 2. The lowest BCUT2D eigenvalue weighted by Crippen LogP contribution is -2.10. The molecule has 140 heavy (non-hydrogen) atoms. The van der Waals surface area contributed by atoms with Crippen LogP contribution in [0.5, 0.6) is 23.0 Å². The topological polar surface area (TPSA) is 379 Å². The molecule has 26 nitrogen and oxygen atoms in total. The Labute approximate surface area is 853 Å². The fourth-order valence-corrected chi connectivity index (χ4v) is 18.0. The number of aromatic carboxylic acids is 2. The number of halogens is 2. The summed E-state index contributed by atoms with van der Waals surface area (Å²) in [6.07, 6.45) is 1.45. The number of nitro groups is 2. The van der Waals surface area contributed by atoms with Crippen LogP contribution in [0.4, 0.5) is 11.4 Å². The highest BCUT2D eigenvalue weighted by Crippen LogP contribution is 2.43. The van der Waals surface area contributed by atoms with E-state index in [9.17, 15) is 59.8 Å². The van der Waals surface area contributed by atoms with E-state index in [1.165, 1.54) is 95.5 Å². The van der Waals surface area contributed by atoms with E-state index < -0.39 is 39.4 Å². The number of benzene rings is 8. The highest BCUT2D eigenvalue weighted by Gasteiger charge is 2.29. The maximum atomic E-state index is 11.8. The summed E-state index contributed by atoms with van der Waals surface area (Å²) in [5.74, 6) is -3.15. The summed E-state index contributed by atoms with van der Waals surface area (Å²) in [6, 6.07) is 50.8. The number of nitro benzene ring substituents is 2. The second-order valence-electron chi connectivity index (χ2n) is 37.2. The van der Waals surface area contributed by atoms with E-state index in [0.717, 1.165) is 53.7 Å². The van der Waals surface area contributed by atoms with E-state index >= 15 is 0 Å². The highest BCUT2D eigenvalue weighted by molar-refractivity contribution is 7.81. The van der Waals surface area contributed by atoms with Crippen molar-refractivity contribution in [3.05, 3.63) is 300 Å². The van der Waals surface area contributed by atoms with Crippen molar-refractivity contribution in [2.45, 2.75) is 158 Å². The van der Waals surface area contributed by atoms with Gasteiger partial charge in [0.25, 0.3) is 11.4 Å². The second kappa shape index (κ2) is 47.8. The van der Waals surface area contributed by atoms with Gasteiger partial charge in [-0.3, -0.25) is 49.6 Å². The minimum absolute atomic E-state index is 0.0169. The van der Waals surface area contributed by atoms with Gasteiger partial charge in [-0.05, 0) is 141 Å². The van der Waals surface area contributed by atoms with Gasteiger partial charge in [0, 0.05) is 116 Å². The van der Waals surface area contributed by atoms with Crippen molar-refractivity contribution in [3.63, 3.8) is 0 Å². The molecular weight excluding hydrogens is 1930 g/mol. The SMILES string of the molecule is CC(=NCC(=S)Cc1ccc(C(=O)O)c(Cl)c1)c1csc(-c2ccc(C(C)(C)C)cc2)c1O.CC(=NCC(=S)Cc1ccc(C(=O)O)c([N+](=O)[O-])c1)c1nn(C)c(-c2ccc(C(C)(C)C)cc2)c1O.COC(=O)c1ccc(CC(=S)CN=C(C)c2csc(-c3ccc(C(C)(C)C)cc3)c2O)cc1Cl.COC(=O)c1ccc(CC(=S)CN=C(C)c2nn(C)c(-c3ccc(C(C)(C)C)cc3)c2O)cc1[N+](=O)[O-]. The van der Waals surface area contributed by atoms with Crippen molar-refractivity contribution in [1.29, 1.82) is 0 Å². The van der Waals surface area contributed by atoms with Gasteiger partial charge in [0.1, 0.15) is 45.4 Å². The lowest BCUT2D eigenvalue weighted by Gasteiger charge is -2.19. The van der Waals surface area contributed by atoms with Gasteiger partial charge >= 0.3 is 23.9 Å². The molecule has 0 saturated carbocycles. The number of thiophene rings is 2. The van der Waals surface area contributed by atoms with E-state index in [0.29, 0.717) is 113 Å². The highest BCUT2D eigenvalue weighted by atomic mass is 35.5. The molecule has 0 amide bonds. The molecule has 6 N–H and O–H groups in total. The predicted molar refractivity (Wildman–Crippen MR) is 577 cm³/mol. The monoisotopic (exact) mass is 2040 g/mol. The molecule has 0 atom stereocenters. The van der Waals surface area contributed by atoms with Crippen LogP contribution < -0.4 is 0 Å². The first-order chi connectivity index (χ1) is 65.6. The molecule has 0 fully saturated rings. The molecule has 732 valence electrons. The molecule has 34 heteroatoms. The van der Waals surface area contributed by atoms with Gasteiger partial charge in [-0.15, -0.1) is 22.7 Å². The summed E-state index contributed by atoms with van der Waals surface area (Å²) < 4.78 is 12.6. The molecule has 0 spiro atoms. The Morgan fingerprint density at radius 1 is 0.386 bits per heavy atom. The first-order valence-electron chi connectivity index (χ1n) is 44.0. The maximum absolute atomic E-state index is 11.8. The van der Waals surface area contributed by atoms with Gasteiger partial charge in [0.15, 0.2) is 11.5 Å². The number of carboxylic acids is 2. The largest absolute Gasteiger partial charge is 0.506 e. The molecule has 12 aromatic rings. The smallest absolute Gasteiger partial charge is 0.344 e. The number of nitrogens with zero attached hydrogens (tertiary/aromatic N) is 10. The van der Waals surface area contributed by atoms with Crippen LogP contribution in [-0.2, 0) is 70.9 Å². The zero-order valence-electron chi connectivity index (χ0n) is 81.4. The minimum Gasteiger partial charge on any atom is -0.506 e. The summed E-state index contributed by atoms with van der Waals surface area (Å²) in [6.45, 7) is 34.1. The van der Waals surface area contributed by atoms with Crippen molar-refractivity contribution < 1.29 is 69.1 Å². The van der Waals surface area contributed by atoms with E-state index in [-0.39, 0.29) is 98.0 Å². The first kappa shape index (κ1) is 111. The summed E-state index contributed by atoms with van der Waals surface area (Å²) in [5.41, 5.74) is 16.3. The van der Waals surface area contributed by atoms with E-state index in [2.05, 4.69) is 142 Å². The van der Waals surface area contributed by atoms with Crippen LogP contribution in [0, 0.1) is 20.2 Å². The summed E-state index contributed by atoms with van der Waals surface area (Å²) in [5, 5.41) is 97.6. The predicted octanol–water partition coefficient (Wildman–Crippen LogP) is 24.8. The number of ether oxygens (including phenoxy) is 2. The van der Waals surface area contributed by atoms with Crippen molar-refractivity contribution in [2.24, 2.45) is 34.1 Å². The number of hydrogen-bond acceptors (Lipinski definition) is 26. The molecule has 4 heterocycles. The fraction of sp³-hybridized carbons (Fsp3) is 0.302. The van der Waals surface area contributed by atoms with Crippen molar-refractivity contribution in [1.82, 2.24) is 19.6 Å². The molecule has 0 unspecified atom stereocenters. The van der Waals surface area contributed by atoms with Crippen LogP contribution in [-0.4, -0.2) is 167 Å². The Morgan fingerprint density at radius 2 is 0.650 bits per heavy atom. The van der Waals surface area contributed by atoms with E-state index in [4.69, 9.17) is 87.0 Å². The van der Waals surface area contributed by atoms with Crippen LogP contribution in [0.15, 0.2) is 201 Å². The number of aromatic hydroxyl groups is 4. The van der Waals surface area contributed by atoms with Crippen molar-refractivity contribution >= 4 is 172 Å². The Kier molecular flexibility index (Phi) is 37.8. The molecule has 0 aliphatic rings. The average molecular weight is 2050 g/mol. The summed E-state index contributed by atoms with van der Waals surface area (Å²) in [4.78, 5) is 89.2. The first-order valence-corrected chi connectivity index (χ1v) is 48.2. The molecule has 0 saturated heterocycles. The Hall–Kier alpha value is -12.9. The molecule has 4 aromatic heterocycles. The quantitative estimate of drug-likeness (QED) is 0.00800. The number of thiocarbonyl (C=S) groups is 4. The summed E-state index contributed by atoms with van der Waals surface area (Å²) >= 11 is 37.0. The molecule has 0 aliphatic carbocycles. The molecule has 0 radical (unpaired) electrons. The van der Waals surface area contributed by atoms with Crippen molar-refractivity contribution in [3.8, 4) is 66.4 Å². The number of aromatic nitrogens is 4. The third-order valence-corrected chi connectivity index (χ3v) is 26.3. The molecule has 8 aromatic carbocycles. The van der Waals surface area contributed by atoms with Crippen LogP contribution >= 0.6 is 94.7 Å². The normalized spacial score (nSPS) is 12.0. The lowest BCUT2D eigenvalue weighted by atomic mass is 9.86. The maximum Gasteiger partial charge on any atom is 0.344 e. The van der Waals surface area contributed by atoms with Crippen LogP contribution in [0.2, 0.25) is 10.0 Å². The Morgan fingerprint density at radius 3 is 0.936 bits per heavy atom. The van der Waals surface area contributed by atoms with Gasteiger partial charge < -0.3 is 40.1 Å². The average Bonchev–Trinajstić information content (AvgIpc) is 1.65. The Bertz CT molecular complexity index is 6840. The van der Waals surface area contributed by atoms with Gasteiger partial charge in [-0.25, -0.2) is 19.2 Å². The Balaban J connectivity index is 0.000000209. The van der Waals surface area contributed by atoms with E-state index in [1.807, 2.05) is 103 Å².